The van der Waals surface area contributed by atoms with Gasteiger partial charge in [0.15, 0.2) is 0 Å². The molecule has 0 aliphatic carbocycles. The van der Waals surface area contributed by atoms with Crippen molar-refractivity contribution in [1.82, 2.24) is 14.9 Å². The van der Waals surface area contributed by atoms with Gasteiger partial charge in [-0.1, -0.05) is 12.1 Å². The molecule has 4 nitrogen and oxygen atoms in total. The van der Waals surface area contributed by atoms with Gasteiger partial charge in [0, 0.05) is 12.6 Å². The van der Waals surface area contributed by atoms with E-state index in [0.29, 0.717) is 6.04 Å². The van der Waals surface area contributed by atoms with E-state index in [9.17, 15) is 4.79 Å². The highest BCUT2D eigenvalue weighted by molar-refractivity contribution is 5.74. The fraction of sp³-hybridized carbons (Fsp3) is 0.385. The molecular formula is C13H15N3O. The number of aromatic nitrogens is 2. The van der Waals surface area contributed by atoms with E-state index in [2.05, 4.69) is 10.3 Å². The molecule has 1 atom stereocenters. The standard InChI is InChI=1S/C13H15N3O/c17-13-8-15-11-5-1-2-6-12(11)16(13)9-10-4-3-7-14-10/h1-2,5-6,8,10,14H,3-4,7,9H2/t10-/m0/s1. The molecule has 17 heavy (non-hydrogen) atoms. The topological polar surface area (TPSA) is 46.9 Å². The molecule has 0 radical (unpaired) electrons. The number of hydrogen-bond donors (Lipinski definition) is 1. The van der Waals surface area contributed by atoms with Gasteiger partial charge in [-0.05, 0) is 31.5 Å². The molecule has 0 amide bonds. The minimum absolute atomic E-state index is 0.0163. The molecule has 2 aromatic rings. The largest absolute Gasteiger partial charge is 0.312 e. The molecule has 0 bridgehead atoms. The van der Waals surface area contributed by atoms with Gasteiger partial charge in [0.2, 0.25) is 0 Å². The Hall–Kier alpha value is -1.68. The second-order valence-electron chi connectivity index (χ2n) is 4.49. The second kappa shape index (κ2) is 4.30. The number of nitrogens with zero attached hydrogens (tertiary/aromatic N) is 2. The summed E-state index contributed by atoms with van der Waals surface area (Å²) in [5.74, 6) is 0. The summed E-state index contributed by atoms with van der Waals surface area (Å²) in [4.78, 5) is 16.1. The van der Waals surface area contributed by atoms with Gasteiger partial charge >= 0.3 is 0 Å². The zero-order valence-electron chi connectivity index (χ0n) is 9.60. The van der Waals surface area contributed by atoms with Crippen LogP contribution < -0.4 is 10.9 Å². The van der Waals surface area contributed by atoms with Crippen molar-refractivity contribution in [2.24, 2.45) is 0 Å². The Bertz CT molecular complexity index is 584. The summed E-state index contributed by atoms with van der Waals surface area (Å²) in [5.41, 5.74) is 1.79. The maximum atomic E-state index is 11.9. The van der Waals surface area contributed by atoms with Gasteiger partial charge in [0.1, 0.15) is 0 Å². The second-order valence-corrected chi connectivity index (χ2v) is 4.49. The van der Waals surface area contributed by atoms with Crippen LogP contribution in [0.5, 0.6) is 0 Å². The van der Waals surface area contributed by atoms with Crippen LogP contribution in [0.1, 0.15) is 12.8 Å². The van der Waals surface area contributed by atoms with Crippen molar-refractivity contribution in [2.45, 2.75) is 25.4 Å². The van der Waals surface area contributed by atoms with E-state index in [1.54, 1.807) is 0 Å². The number of fused-ring (bicyclic) bond motifs is 1. The van der Waals surface area contributed by atoms with Crippen molar-refractivity contribution >= 4 is 11.0 Å². The molecule has 1 aliphatic rings. The molecule has 0 spiro atoms. The molecule has 2 heterocycles. The lowest BCUT2D eigenvalue weighted by Gasteiger charge is -2.14. The summed E-state index contributed by atoms with van der Waals surface area (Å²) in [6.07, 6.45) is 3.75. The molecule has 1 aliphatic heterocycles. The summed E-state index contributed by atoms with van der Waals surface area (Å²) in [6, 6.07) is 8.20. The van der Waals surface area contributed by atoms with Crippen molar-refractivity contribution in [3.05, 3.63) is 40.8 Å². The van der Waals surface area contributed by atoms with Crippen molar-refractivity contribution in [3.63, 3.8) is 0 Å². The van der Waals surface area contributed by atoms with E-state index < -0.39 is 0 Å². The monoisotopic (exact) mass is 229 g/mol. The molecule has 1 aromatic heterocycles. The lowest BCUT2D eigenvalue weighted by atomic mass is 10.2. The summed E-state index contributed by atoms with van der Waals surface area (Å²) < 4.78 is 1.82. The van der Waals surface area contributed by atoms with Crippen LogP contribution in [-0.2, 0) is 6.54 Å². The van der Waals surface area contributed by atoms with Crippen LogP contribution in [0.3, 0.4) is 0 Å². The summed E-state index contributed by atoms with van der Waals surface area (Å²) in [7, 11) is 0. The average Bonchev–Trinajstić information content (AvgIpc) is 2.86. The Morgan fingerprint density at radius 2 is 2.29 bits per heavy atom. The van der Waals surface area contributed by atoms with Crippen LogP contribution in [0, 0.1) is 0 Å². The molecule has 1 saturated heterocycles. The Morgan fingerprint density at radius 1 is 1.41 bits per heavy atom. The van der Waals surface area contributed by atoms with Gasteiger partial charge < -0.3 is 9.88 Å². The molecule has 4 heteroatoms. The average molecular weight is 229 g/mol. The van der Waals surface area contributed by atoms with Crippen LogP contribution in [0.4, 0.5) is 0 Å². The minimum atomic E-state index is -0.0163. The third-order valence-electron chi connectivity index (χ3n) is 3.32. The van der Waals surface area contributed by atoms with E-state index >= 15 is 0 Å². The first-order valence-corrected chi connectivity index (χ1v) is 6.02. The first-order chi connectivity index (χ1) is 8.34. The van der Waals surface area contributed by atoms with E-state index in [-0.39, 0.29) is 5.56 Å². The first-order valence-electron chi connectivity index (χ1n) is 6.02. The van der Waals surface area contributed by atoms with Crippen LogP contribution in [-0.4, -0.2) is 22.1 Å². The smallest absolute Gasteiger partial charge is 0.269 e. The lowest BCUT2D eigenvalue weighted by Crippen LogP contribution is -2.32. The Kier molecular flexibility index (Phi) is 2.65. The van der Waals surface area contributed by atoms with Gasteiger partial charge in [-0.3, -0.25) is 4.79 Å². The summed E-state index contributed by atoms with van der Waals surface area (Å²) >= 11 is 0. The Balaban J connectivity index is 2.06. The maximum absolute atomic E-state index is 11.9. The highest BCUT2D eigenvalue weighted by Gasteiger charge is 2.16. The molecule has 0 unspecified atom stereocenters. The van der Waals surface area contributed by atoms with Crippen LogP contribution in [0.15, 0.2) is 35.3 Å². The molecule has 0 saturated carbocycles. The molecule has 1 N–H and O–H groups in total. The molecule has 1 aromatic carbocycles. The normalized spacial score (nSPS) is 19.9. The van der Waals surface area contributed by atoms with Gasteiger partial charge in [0.25, 0.3) is 5.56 Å². The number of rotatable bonds is 2. The van der Waals surface area contributed by atoms with Crippen molar-refractivity contribution < 1.29 is 0 Å². The fourth-order valence-electron chi connectivity index (χ4n) is 2.44. The molecule has 1 fully saturated rings. The van der Waals surface area contributed by atoms with E-state index in [1.165, 1.54) is 12.6 Å². The summed E-state index contributed by atoms with van der Waals surface area (Å²) in [6.45, 7) is 1.80. The van der Waals surface area contributed by atoms with Gasteiger partial charge in [-0.15, -0.1) is 0 Å². The number of para-hydroxylation sites is 2. The van der Waals surface area contributed by atoms with Crippen LogP contribution in [0.2, 0.25) is 0 Å². The Labute approximate surface area is 99.3 Å². The molecule has 88 valence electrons. The maximum Gasteiger partial charge on any atom is 0.269 e. The summed E-state index contributed by atoms with van der Waals surface area (Å²) in [5, 5.41) is 3.42. The highest BCUT2D eigenvalue weighted by Crippen LogP contribution is 2.12. The SMILES string of the molecule is O=c1cnc2ccccc2n1C[C@@H]1CCCN1. The predicted octanol–water partition coefficient (Wildman–Crippen LogP) is 1.15. The molecular weight excluding hydrogens is 214 g/mol. The number of hydrogen-bond acceptors (Lipinski definition) is 3. The zero-order valence-corrected chi connectivity index (χ0v) is 9.60. The van der Waals surface area contributed by atoms with E-state index in [0.717, 1.165) is 30.5 Å². The van der Waals surface area contributed by atoms with Gasteiger partial charge in [0.05, 0.1) is 17.2 Å². The van der Waals surface area contributed by atoms with Gasteiger partial charge in [-0.25, -0.2) is 4.98 Å². The van der Waals surface area contributed by atoms with Crippen LogP contribution in [0.25, 0.3) is 11.0 Å². The zero-order chi connectivity index (χ0) is 11.7. The third-order valence-corrected chi connectivity index (χ3v) is 3.32. The van der Waals surface area contributed by atoms with Crippen LogP contribution >= 0.6 is 0 Å². The number of benzene rings is 1. The fourth-order valence-corrected chi connectivity index (χ4v) is 2.44. The predicted molar refractivity (Wildman–Crippen MR) is 67.0 cm³/mol. The Morgan fingerprint density at radius 3 is 3.12 bits per heavy atom. The molecule has 3 rings (SSSR count). The highest BCUT2D eigenvalue weighted by atomic mass is 16.1. The lowest BCUT2D eigenvalue weighted by molar-refractivity contribution is 0.509. The quantitative estimate of drug-likeness (QED) is 0.840. The third kappa shape index (κ3) is 1.96. The van der Waals surface area contributed by atoms with Crippen molar-refractivity contribution in [1.29, 1.82) is 0 Å². The number of nitrogens with one attached hydrogen (secondary N) is 1. The first kappa shape index (κ1) is 10.5. The van der Waals surface area contributed by atoms with Crippen molar-refractivity contribution in [3.8, 4) is 0 Å². The minimum Gasteiger partial charge on any atom is -0.312 e. The van der Waals surface area contributed by atoms with E-state index in [1.807, 2.05) is 28.8 Å². The van der Waals surface area contributed by atoms with E-state index in [4.69, 9.17) is 0 Å². The van der Waals surface area contributed by atoms with Gasteiger partial charge in [-0.2, -0.15) is 0 Å². The van der Waals surface area contributed by atoms with Crippen molar-refractivity contribution in [2.75, 3.05) is 6.54 Å².